The Labute approximate surface area is 321 Å². The second kappa shape index (κ2) is 18.8. The molecule has 2 aliphatic rings. The molecule has 1 aliphatic heterocycles. The molecule has 3 aromatic rings. The fourth-order valence-corrected chi connectivity index (χ4v) is 6.50. The minimum atomic E-state index is -0.993. The van der Waals surface area contributed by atoms with Gasteiger partial charge in [-0.3, -0.25) is 14.4 Å². The summed E-state index contributed by atoms with van der Waals surface area (Å²) >= 11 is 0. The maximum absolute atomic E-state index is 14.2. The molecule has 55 heavy (non-hydrogen) atoms. The molecule has 0 saturated carbocycles. The van der Waals surface area contributed by atoms with Crippen molar-refractivity contribution in [2.45, 2.75) is 88.9 Å². The Morgan fingerprint density at radius 1 is 1.00 bits per heavy atom. The maximum atomic E-state index is 14.2. The highest BCUT2D eigenvalue weighted by atomic mass is 16.7. The number of amides is 2. The predicted molar refractivity (Wildman–Crippen MR) is 205 cm³/mol. The van der Waals surface area contributed by atoms with Gasteiger partial charge in [-0.05, 0) is 74.6 Å². The largest absolute Gasteiger partial charge is 0.508 e. The number of nitrogens with zero attached hydrogens (tertiary/aromatic N) is 1. The monoisotopic (exact) mass is 754 g/mol. The third kappa shape index (κ3) is 11.6. The minimum absolute atomic E-state index is 0.0147. The zero-order valence-corrected chi connectivity index (χ0v) is 31.7. The quantitative estimate of drug-likeness (QED) is 0.182. The van der Waals surface area contributed by atoms with Crippen molar-refractivity contribution in [3.63, 3.8) is 0 Å². The summed E-state index contributed by atoms with van der Waals surface area (Å²) in [5, 5.41) is 23.0. The van der Waals surface area contributed by atoms with Gasteiger partial charge in [-0.25, -0.2) is 4.79 Å². The van der Waals surface area contributed by atoms with E-state index in [0.717, 1.165) is 16.7 Å². The highest BCUT2D eigenvalue weighted by Crippen LogP contribution is 2.32. The van der Waals surface area contributed by atoms with Crippen LogP contribution in [0.1, 0.15) is 67.1 Å². The zero-order valence-electron chi connectivity index (χ0n) is 31.7. The average molecular weight is 755 g/mol. The van der Waals surface area contributed by atoms with Gasteiger partial charge in [0.1, 0.15) is 42.5 Å². The standard InChI is InChI=1S/C43H50N2O10/c1-43(2,3)55-38(48)21-20-33(26-46)44-40(49)34(23-29-12-6-5-7-13-29)45(4)41(50)32-24-36-39(53-27-52-36)37(25-32)54-42(51)31-18-11-15-28(22-31)14-10-17-30-16-8-9-19-35(30)47/h5-16,18-19,22,24,33-34,36-37,39,46-47H,17,20-21,23,25-27H2,1-4H3,(H,44,49)/t33-,34+,36+,37+,39+/m0/s1. The van der Waals surface area contributed by atoms with Crippen molar-refractivity contribution in [3.05, 3.63) is 119 Å². The molecule has 1 heterocycles. The first-order valence-electron chi connectivity index (χ1n) is 18.4. The maximum Gasteiger partial charge on any atom is 0.338 e. The summed E-state index contributed by atoms with van der Waals surface area (Å²) in [6.07, 6.45) is 4.09. The van der Waals surface area contributed by atoms with Gasteiger partial charge in [-0.15, -0.1) is 0 Å². The number of para-hydroxylation sites is 1. The van der Waals surface area contributed by atoms with E-state index in [2.05, 4.69) is 5.32 Å². The summed E-state index contributed by atoms with van der Waals surface area (Å²) < 4.78 is 22.9. The molecule has 0 unspecified atom stereocenters. The molecule has 1 aliphatic carbocycles. The SMILES string of the molecule is CN(C(=O)C1=C[C@H]2OCO[C@H]2[C@H](OC(=O)c2cccc(C=CCc3ccccc3O)c2)C1)[C@H](Cc1ccccc1)C(=O)N[C@H](CO)CCC(=O)OC(C)(C)C. The lowest BCUT2D eigenvalue weighted by molar-refractivity contribution is -0.155. The molecule has 5 rings (SSSR count). The van der Waals surface area contributed by atoms with E-state index in [1.807, 2.05) is 60.7 Å². The predicted octanol–water partition coefficient (Wildman–Crippen LogP) is 4.91. The Balaban J connectivity index is 1.28. The van der Waals surface area contributed by atoms with Crippen molar-refractivity contribution in [1.29, 1.82) is 0 Å². The molecule has 1 saturated heterocycles. The zero-order chi connectivity index (χ0) is 39.5. The number of phenols is 1. The van der Waals surface area contributed by atoms with Crippen molar-refractivity contribution < 1.29 is 48.3 Å². The first-order valence-corrected chi connectivity index (χ1v) is 18.4. The molecule has 3 N–H and O–H groups in total. The number of aliphatic hydroxyl groups excluding tert-OH is 1. The summed E-state index contributed by atoms with van der Waals surface area (Å²) in [4.78, 5) is 55.3. The summed E-state index contributed by atoms with van der Waals surface area (Å²) in [6.45, 7) is 4.83. The van der Waals surface area contributed by atoms with Crippen LogP contribution >= 0.6 is 0 Å². The number of phenolic OH excluding ortho intramolecular Hbond substituents is 1. The number of carbonyl (C=O) groups excluding carboxylic acids is 4. The first-order chi connectivity index (χ1) is 26.3. The van der Waals surface area contributed by atoms with Gasteiger partial charge in [0.2, 0.25) is 11.8 Å². The summed E-state index contributed by atoms with van der Waals surface area (Å²) in [5.74, 6) is -1.80. The van der Waals surface area contributed by atoms with Crippen molar-refractivity contribution in [1.82, 2.24) is 10.2 Å². The van der Waals surface area contributed by atoms with Crippen LogP contribution in [0.5, 0.6) is 5.75 Å². The van der Waals surface area contributed by atoms with Crippen LogP contribution in [0.2, 0.25) is 0 Å². The number of rotatable bonds is 15. The van der Waals surface area contributed by atoms with Gasteiger partial charge < -0.3 is 39.4 Å². The van der Waals surface area contributed by atoms with Crippen LogP contribution in [0.15, 0.2) is 96.6 Å². The Kier molecular flexibility index (Phi) is 14.0. The van der Waals surface area contributed by atoms with E-state index in [1.165, 1.54) is 11.9 Å². The molecular weight excluding hydrogens is 704 g/mol. The van der Waals surface area contributed by atoms with Crippen molar-refractivity contribution in [2.75, 3.05) is 20.4 Å². The van der Waals surface area contributed by atoms with Gasteiger partial charge >= 0.3 is 11.9 Å². The van der Waals surface area contributed by atoms with Crippen molar-refractivity contribution >= 4 is 29.8 Å². The first kappa shape index (κ1) is 40.9. The highest BCUT2D eigenvalue weighted by Gasteiger charge is 2.44. The lowest BCUT2D eigenvalue weighted by atomic mass is 9.90. The Hall–Kier alpha value is -5.30. The van der Waals surface area contributed by atoms with E-state index >= 15 is 0 Å². The molecule has 292 valence electrons. The molecule has 5 atom stereocenters. The lowest BCUT2D eigenvalue weighted by Gasteiger charge is -2.34. The van der Waals surface area contributed by atoms with E-state index in [1.54, 1.807) is 57.2 Å². The highest BCUT2D eigenvalue weighted by molar-refractivity contribution is 5.97. The van der Waals surface area contributed by atoms with E-state index < -0.39 is 66.4 Å². The van der Waals surface area contributed by atoms with Crippen LogP contribution in [0.3, 0.4) is 0 Å². The summed E-state index contributed by atoms with van der Waals surface area (Å²) in [5.41, 5.74) is 2.29. The number of aromatic hydroxyl groups is 1. The Morgan fingerprint density at radius 2 is 1.75 bits per heavy atom. The lowest BCUT2D eigenvalue weighted by Crippen LogP contribution is -2.53. The van der Waals surface area contributed by atoms with E-state index in [9.17, 15) is 29.4 Å². The van der Waals surface area contributed by atoms with Crippen LogP contribution in [0, 0.1) is 0 Å². The van der Waals surface area contributed by atoms with Crippen LogP contribution in [-0.4, -0.2) is 95.3 Å². The number of esters is 2. The summed E-state index contributed by atoms with van der Waals surface area (Å²) in [6, 6.07) is 21.5. The fourth-order valence-electron chi connectivity index (χ4n) is 6.50. The number of ether oxygens (including phenoxy) is 4. The van der Waals surface area contributed by atoms with Gasteiger partial charge in [0.05, 0.1) is 18.2 Å². The second-order valence-electron chi connectivity index (χ2n) is 14.7. The topological polar surface area (TPSA) is 161 Å². The molecular formula is C43H50N2O10. The van der Waals surface area contributed by atoms with Gasteiger partial charge in [0, 0.05) is 31.9 Å². The van der Waals surface area contributed by atoms with E-state index in [-0.39, 0.29) is 38.2 Å². The number of likely N-dealkylation sites (N-methyl/N-ethyl adjacent to an activating group) is 1. The number of carbonyl (C=O) groups is 4. The molecule has 12 nitrogen and oxygen atoms in total. The third-order valence-electron chi connectivity index (χ3n) is 9.34. The number of fused-ring (bicyclic) bond motifs is 1. The third-order valence-corrected chi connectivity index (χ3v) is 9.34. The van der Waals surface area contributed by atoms with E-state index in [0.29, 0.717) is 17.6 Å². The molecule has 0 aromatic heterocycles. The van der Waals surface area contributed by atoms with Crippen LogP contribution in [0.4, 0.5) is 0 Å². The number of benzene rings is 3. The number of allylic oxidation sites excluding steroid dienone is 1. The average Bonchev–Trinajstić information content (AvgIpc) is 3.65. The van der Waals surface area contributed by atoms with Crippen LogP contribution < -0.4 is 5.32 Å². The molecule has 12 heteroatoms. The van der Waals surface area contributed by atoms with Crippen LogP contribution in [0.25, 0.3) is 6.08 Å². The second-order valence-corrected chi connectivity index (χ2v) is 14.7. The normalized spacial score (nSPS) is 19.1. The van der Waals surface area contributed by atoms with Crippen molar-refractivity contribution in [2.24, 2.45) is 0 Å². The van der Waals surface area contributed by atoms with E-state index in [4.69, 9.17) is 18.9 Å². The number of hydrogen-bond donors (Lipinski definition) is 3. The van der Waals surface area contributed by atoms with Crippen molar-refractivity contribution in [3.8, 4) is 5.75 Å². The number of aliphatic hydroxyl groups is 1. The minimum Gasteiger partial charge on any atom is -0.508 e. The molecule has 0 bridgehead atoms. The smallest absolute Gasteiger partial charge is 0.338 e. The summed E-state index contributed by atoms with van der Waals surface area (Å²) in [7, 11) is 1.53. The molecule has 3 aromatic carbocycles. The molecule has 2 amide bonds. The molecule has 1 fully saturated rings. The Bertz CT molecular complexity index is 1870. The molecule has 0 spiro atoms. The fraction of sp³-hybridized carbons (Fsp3) is 0.395. The van der Waals surface area contributed by atoms with Gasteiger partial charge in [0.25, 0.3) is 0 Å². The van der Waals surface area contributed by atoms with Gasteiger partial charge in [0.15, 0.2) is 0 Å². The number of nitrogens with one attached hydrogen (secondary N) is 1. The van der Waals surface area contributed by atoms with Crippen LogP contribution in [-0.2, 0) is 46.2 Å². The van der Waals surface area contributed by atoms with Gasteiger partial charge in [-0.1, -0.05) is 72.8 Å². The van der Waals surface area contributed by atoms with Gasteiger partial charge in [-0.2, -0.15) is 0 Å². The number of hydrogen-bond acceptors (Lipinski definition) is 10. The Morgan fingerprint density at radius 3 is 2.47 bits per heavy atom. The molecule has 0 radical (unpaired) electrons.